The minimum Gasteiger partial charge on any atom is -0.386 e. The highest BCUT2D eigenvalue weighted by Gasteiger charge is 2.56. The highest BCUT2D eigenvalue weighted by molar-refractivity contribution is 7.19. The van der Waals surface area contributed by atoms with Gasteiger partial charge < -0.3 is 10.4 Å². The van der Waals surface area contributed by atoms with Crippen molar-refractivity contribution in [2.75, 3.05) is 6.54 Å². The Morgan fingerprint density at radius 1 is 1.33 bits per heavy atom. The summed E-state index contributed by atoms with van der Waals surface area (Å²) in [6.45, 7) is 0.321. The molecule has 0 spiro atoms. The first-order valence-corrected chi connectivity index (χ1v) is 8.50. The van der Waals surface area contributed by atoms with Gasteiger partial charge in [-0.3, -0.25) is 4.79 Å². The summed E-state index contributed by atoms with van der Waals surface area (Å²) in [5, 5.41) is 14.4. The van der Waals surface area contributed by atoms with Crippen LogP contribution in [0.1, 0.15) is 30.2 Å². The van der Waals surface area contributed by atoms with Gasteiger partial charge >= 0.3 is 0 Å². The first kappa shape index (κ1) is 13.3. The van der Waals surface area contributed by atoms with Crippen LogP contribution in [0.15, 0.2) is 30.3 Å². The number of fused-ring (bicyclic) bond motifs is 2. The normalized spacial score (nSPS) is 28.3. The van der Waals surface area contributed by atoms with E-state index in [2.05, 4.69) is 11.4 Å². The number of nitrogens with one attached hydrogen (secondary N) is 1. The van der Waals surface area contributed by atoms with Gasteiger partial charge in [0.1, 0.15) is 6.10 Å². The fourth-order valence-electron chi connectivity index (χ4n) is 3.79. The Kier molecular flexibility index (Phi) is 3.23. The number of hydrogen-bond donors (Lipinski definition) is 2. The smallest absolute Gasteiger partial charge is 0.223 e. The Bertz CT molecular complexity index is 637. The summed E-state index contributed by atoms with van der Waals surface area (Å²) in [7, 11) is 0. The third-order valence-electron chi connectivity index (χ3n) is 4.95. The second-order valence-electron chi connectivity index (χ2n) is 6.23. The van der Waals surface area contributed by atoms with Gasteiger partial charge in [-0.15, -0.1) is 11.3 Å². The molecule has 0 saturated heterocycles. The summed E-state index contributed by atoms with van der Waals surface area (Å²) in [4.78, 5) is 13.0. The van der Waals surface area contributed by atoms with Gasteiger partial charge in [0, 0.05) is 22.0 Å². The number of aliphatic hydroxyl groups excluding tert-OH is 1. The number of hydrogen-bond acceptors (Lipinski definition) is 3. The Morgan fingerprint density at radius 3 is 2.86 bits per heavy atom. The molecule has 4 rings (SSSR count). The molecule has 2 saturated carbocycles. The summed E-state index contributed by atoms with van der Waals surface area (Å²) >= 11 is 1.60. The molecule has 1 aromatic carbocycles. The number of carbonyl (C=O) groups is 1. The van der Waals surface area contributed by atoms with E-state index in [9.17, 15) is 9.90 Å². The van der Waals surface area contributed by atoms with Crippen LogP contribution in [0.25, 0.3) is 10.1 Å². The molecule has 21 heavy (non-hydrogen) atoms. The van der Waals surface area contributed by atoms with Crippen LogP contribution in [0.3, 0.4) is 0 Å². The highest BCUT2D eigenvalue weighted by atomic mass is 32.1. The molecule has 3 atom stereocenters. The van der Waals surface area contributed by atoms with Gasteiger partial charge in [-0.25, -0.2) is 0 Å². The monoisotopic (exact) mass is 301 g/mol. The Hall–Kier alpha value is -1.39. The molecule has 2 fully saturated rings. The highest BCUT2D eigenvalue weighted by Crippen LogP contribution is 2.57. The van der Waals surface area contributed by atoms with Crippen molar-refractivity contribution in [3.63, 3.8) is 0 Å². The Balaban J connectivity index is 1.37. The summed E-state index contributed by atoms with van der Waals surface area (Å²) in [5.74, 6) is 1.64. The SMILES string of the molecule is O=C(NCC(O)c1cc2ccccc2s1)C1C2CCCC21. The van der Waals surface area contributed by atoms with Crippen molar-refractivity contribution in [2.45, 2.75) is 25.4 Å². The molecule has 0 bridgehead atoms. The molecule has 2 aromatic rings. The first-order valence-electron chi connectivity index (χ1n) is 7.68. The second kappa shape index (κ2) is 5.11. The zero-order chi connectivity index (χ0) is 14.4. The van der Waals surface area contributed by atoms with Crippen LogP contribution in [-0.2, 0) is 4.79 Å². The van der Waals surface area contributed by atoms with E-state index in [1.54, 1.807) is 11.3 Å². The average Bonchev–Trinajstić information content (AvgIpc) is 2.89. The third kappa shape index (κ3) is 2.36. The number of aliphatic hydroxyl groups is 1. The maximum Gasteiger partial charge on any atom is 0.223 e. The molecule has 4 heteroatoms. The summed E-state index contributed by atoms with van der Waals surface area (Å²) in [6.07, 6.45) is 3.09. The molecule has 2 aliphatic carbocycles. The lowest BCUT2D eigenvalue weighted by molar-refractivity contribution is -0.123. The number of carbonyl (C=O) groups excluding carboxylic acids is 1. The van der Waals surface area contributed by atoms with Crippen molar-refractivity contribution in [3.8, 4) is 0 Å². The second-order valence-corrected chi connectivity index (χ2v) is 7.35. The van der Waals surface area contributed by atoms with Crippen molar-refractivity contribution in [3.05, 3.63) is 35.2 Å². The van der Waals surface area contributed by atoms with E-state index in [1.165, 1.54) is 24.0 Å². The standard InChI is InChI=1S/C17H19NO2S/c19-13(15-8-10-4-1-2-7-14(10)21-15)9-18-17(20)16-11-5-3-6-12(11)16/h1-2,4,7-8,11-13,16,19H,3,5-6,9H2,(H,18,20). The minimum atomic E-state index is -0.607. The van der Waals surface area contributed by atoms with E-state index >= 15 is 0 Å². The van der Waals surface area contributed by atoms with Crippen LogP contribution in [0.2, 0.25) is 0 Å². The number of amides is 1. The maximum atomic E-state index is 12.1. The first-order chi connectivity index (χ1) is 10.2. The van der Waals surface area contributed by atoms with E-state index in [0.29, 0.717) is 18.4 Å². The van der Waals surface area contributed by atoms with Gasteiger partial charge in [-0.05, 0) is 42.2 Å². The molecule has 1 heterocycles. The van der Waals surface area contributed by atoms with Gasteiger partial charge in [0.25, 0.3) is 0 Å². The molecule has 110 valence electrons. The van der Waals surface area contributed by atoms with E-state index in [4.69, 9.17) is 0 Å². The predicted molar refractivity (Wildman–Crippen MR) is 84.1 cm³/mol. The largest absolute Gasteiger partial charge is 0.386 e. The van der Waals surface area contributed by atoms with Crippen molar-refractivity contribution in [1.82, 2.24) is 5.32 Å². The van der Waals surface area contributed by atoms with Crippen LogP contribution >= 0.6 is 11.3 Å². The molecule has 0 radical (unpaired) electrons. The Morgan fingerprint density at radius 2 is 2.10 bits per heavy atom. The predicted octanol–water partition coefficient (Wildman–Crippen LogP) is 3.10. The molecule has 2 aliphatic rings. The summed E-state index contributed by atoms with van der Waals surface area (Å²) in [6, 6.07) is 10.1. The lowest BCUT2D eigenvalue weighted by Gasteiger charge is -2.11. The van der Waals surface area contributed by atoms with Crippen LogP contribution in [0, 0.1) is 17.8 Å². The number of benzene rings is 1. The third-order valence-corrected chi connectivity index (χ3v) is 6.17. The van der Waals surface area contributed by atoms with E-state index in [0.717, 1.165) is 10.3 Å². The molecule has 2 N–H and O–H groups in total. The zero-order valence-corrected chi connectivity index (χ0v) is 12.6. The maximum absolute atomic E-state index is 12.1. The van der Waals surface area contributed by atoms with Crippen LogP contribution in [0.5, 0.6) is 0 Å². The van der Waals surface area contributed by atoms with Crippen molar-refractivity contribution in [2.24, 2.45) is 17.8 Å². The minimum absolute atomic E-state index is 0.143. The summed E-state index contributed by atoms with van der Waals surface area (Å²) < 4.78 is 1.18. The van der Waals surface area contributed by atoms with Gasteiger partial charge in [-0.2, -0.15) is 0 Å². The van der Waals surface area contributed by atoms with Gasteiger partial charge in [0.15, 0.2) is 0 Å². The van der Waals surface area contributed by atoms with E-state index in [1.807, 2.05) is 24.3 Å². The zero-order valence-electron chi connectivity index (χ0n) is 11.8. The van der Waals surface area contributed by atoms with Crippen LogP contribution in [0.4, 0.5) is 0 Å². The van der Waals surface area contributed by atoms with E-state index in [-0.39, 0.29) is 11.8 Å². The van der Waals surface area contributed by atoms with Crippen LogP contribution in [-0.4, -0.2) is 17.6 Å². The van der Waals surface area contributed by atoms with Gasteiger partial charge in [-0.1, -0.05) is 24.6 Å². The van der Waals surface area contributed by atoms with Gasteiger partial charge in [0.05, 0.1) is 0 Å². The molecular weight excluding hydrogens is 282 g/mol. The number of thiophene rings is 1. The molecule has 3 nitrogen and oxygen atoms in total. The quantitative estimate of drug-likeness (QED) is 0.911. The van der Waals surface area contributed by atoms with Gasteiger partial charge in [0.2, 0.25) is 5.91 Å². The van der Waals surface area contributed by atoms with Crippen molar-refractivity contribution >= 4 is 27.3 Å². The van der Waals surface area contributed by atoms with Crippen molar-refractivity contribution in [1.29, 1.82) is 0 Å². The van der Waals surface area contributed by atoms with E-state index < -0.39 is 6.10 Å². The average molecular weight is 301 g/mol. The lowest BCUT2D eigenvalue weighted by atomic mass is 10.1. The fraction of sp³-hybridized carbons (Fsp3) is 0.471. The summed E-state index contributed by atoms with van der Waals surface area (Å²) in [5.41, 5.74) is 0. The molecule has 0 aliphatic heterocycles. The molecule has 1 amide bonds. The molecule has 3 unspecified atom stereocenters. The Labute approximate surface area is 128 Å². The lowest BCUT2D eigenvalue weighted by Crippen LogP contribution is -2.30. The van der Waals surface area contributed by atoms with Crippen LogP contribution < -0.4 is 5.32 Å². The fourth-order valence-corrected chi connectivity index (χ4v) is 4.84. The van der Waals surface area contributed by atoms with Crippen molar-refractivity contribution < 1.29 is 9.90 Å². The topological polar surface area (TPSA) is 49.3 Å². The molecular formula is C17H19NO2S. The number of rotatable bonds is 4. The molecule has 1 aromatic heterocycles.